The van der Waals surface area contributed by atoms with E-state index in [2.05, 4.69) is 33.0 Å². The first-order valence-electron chi connectivity index (χ1n) is 7.85. The van der Waals surface area contributed by atoms with Crippen LogP contribution in [-0.2, 0) is 9.53 Å². The molecule has 1 rings (SSSR count). The molecule has 0 aliphatic heterocycles. The quantitative estimate of drug-likeness (QED) is 0.751. The average molecular weight is 269 g/mol. The lowest BCUT2D eigenvalue weighted by molar-refractivity contribution is -0.146. The minimum absolute atomic E-state index is 0.0526. The third-order valence-corrected chi connectivity index (χ3v) is 4.49. The van der Waals surface area contributed by atoms with E-state index in [1.165, 1.54) is 12.8 Å². The molecule has 3 atom stereocenters. The highest BCUT2D eigenvalue weighted by atomic mass is 16.5. The third kappa shape index (κ3) is 4.20. The zero-order valence-corrected chi connectivity index (χ0v) is 13.3. The topological polar surface area (TPSA) is 38.3 Å². The van der Waals surface area contributed by atoms with Gasteiger partial charge in [-0.05, 0) is 44.1 Å². The van der Waals surface area contributed by atoms with Crippen LogP contribution in [0.2, 0.25) is 0 Å². The molecule has 0 aromatic heterocycles. The van der Waals surface area contributed by atoms with Crippen LogP contribution in [0.15, 0.2) is 0 Å². The van der Waals surface area contributed by atoms with Crippen molar-refractivity contribution in [2.45, 2.75) is 65.8 Å². The summed E-state index contributed by atoms with van der Waals surface area (Å²) in [5.41, 5.74) is -0.0627. The van der Waals surface area contributed by atoms with Crippen LogP contribution in [0.4, 0.5) is 0 Å². The second kappa shape index (κ2) is 7.28. The normalized spacial score (nSPS) is 31.5. The molecule has 0 radical (unpaired) electrons. The summed E-state index contributed by atoms with van der Waals surface area (Å²) in [6.45, 7) is 12.2. The summed E-state index contributed by atoms with van der Waals surface area (Å²) in [6.07, 6.45) is 4.09. The summed E-state index contributed by atoms with van der Waals surface area (Å²) in [5.74, 6) is 1.79. The molecule has 3 heteroatoms. The van der Waals surface area contributed by atoms with Crippen molar-refractivity contribution in [3.05, 3.63) is 0 Å². The summed E-state index contributed by atoms with van der Waals surface area (Å²) in [5, 5.41) is 3.65. The summed E-state index contributed by atoms with van der Waals surface area (Å²) in [4.78, 5) is 12.0. The predicted octanol–water partition coefficient (Wildman–Crippen LogP) is 3.38. The number of carbonyl (C=O) groups is 1. The first kappa shape index (κ1) is 16.5. The molecule has 3 nitrogen and oxygen atoms in total. The molecule has 0 aromatic carbocycles. The second-order valence-corrected chi connectivity index (χ2v) is 6.41. The van der Waals surface area contributed by atoms with Crippen molar-refractivity contribution < 1.29 is 9.53 Å². The van der Waals surface area contributed by atoms with Gasteiger partial charge in [0, 0.05) is 5.54 Å². The van der Waals surface area contributed by atoms with Gasteiger partial charge in [-0.15, -0.1) is 0 Å². The van der Waals surface area contributed by atoms with Crippen molar-refractivity contribution in [2.24, 2.45) is 17.8 Å². The zero-order valence-electron chi connectivity index (χ0n) is 13.3. The van der Waals surface area contributed by atoms with Crippen molar-refractivity contribution >= 4 is 5.97 Å². The maximum atomic E-state index is 12.0. The number of esters is 1. The molecule has 0 bridgehead atoms. The molecule has 0 saturated heterocycles. The highest BCUT2D eigenvalue weighted by molar-refractivity contribution is 5.71. The van der Waals surface area contributed by atoms with Crippen LogP contribution >= 0.6 is 0 Å². The molecule has 112 valence electrons. The maximum absolute atomic E-state index is 12.0. The van der Waals surface area contributed by atoms with E-state index in [4.69, 9.17) is 4.74 Å². The Labute approximate surface area is 118 Å². The van der Waals surface area contributed by atoms with Gasteiger partial charge in [0.25, 0.3) is 0 Å². The van der Waals surface area contributed by atoms with Gasteiger partial charge >= 0.3 is 5.97 Å². The van der Waals surface area contributed by atoms with E-state index in [0.717, 1.165) is 13.0 Å². The Morgan fingerprint density at radius 2 is 2.05 bits per heavy atom. The highest BCUT2D eigenvalue weighted by Crippen LogP contribution is 2.43. The number of carbonyl (C=O) groups excluding carboxylic acids is 1. The van der Waals surface area contributed by atoms with Crippen molar-refractivity contribution in [2.75, 3.05) is 13.2 Å². The van der Waals surface area contributed by atoms with E-state index < -0.39 is 0 Å². The van der Waals surface area contributed by atoms with Gasteiger partial charge in [0.2, 0.25) is 0 Å². The van der Waals surface area contributed by atoms with Gasteiger partial charge < -0.3 is 10.1 Å². The predicted molar refractivity (Wildman–Crippen MR) is 79.0 cm³/mol. The monoisotopic (exact) mass is 269 g/mol. The van der Waals surface area contributed by atoms with Crippen molar-refractivity contribution in [1.82, 2.24) is 5.32 Å². The number of ether oxygens (including phenoxy) is 1. The van der Waals surface area contributed by atoms with E-state index in [1.54, 1.807) is 0 Å². The minimum atomic E-state index is -0.0627. The van der Waals surface area contributed by atoms with Crippen molar-refractivity contribution in [1.29, 1.82) is 0 Å². The van der Waals surface area contributed by atoms with Crippen molar-refractivity contribution in [3.8, 4) is 0 Å². The lowest BCUT2D eigenvalue weighted by Gasteiger charge is -2.48. The largest absolute Gasteiger partial charge is 0.466 e. The van der Waals surface area contributed by atoms with E-state index in [1.807, 2.05) is 6.92 Å². The molecule has 1 aliphatic carbocycles. The van der Waals surface area contributed by atoms with Crippen molar-refractivity contribution in [3.63, 3.8) is 0 Å². The third-order valence-electron chi connectivity index (χ3n) is 4.49. The van der Waals surface area contributed by atoms with Gasteiger partial charge in [0.15, 0.2) is 0 Å². The molecule has 19 heavy (non-hydrogen) atoms. The van der Waals surface area contributed by atoms with Crippen LogP contribution in [0.1, 0.15) is 60.3 Å². The molecule has 1 N–H and O–H groups in total. The Bertz CT molecular complexity index is 290. The summed E-state index contributed by atoms with van der Waals surface area (Å²) in [6, 6.07) is 0. The first-order chi connectivity index (χ1) is 8.95. The molecule has 0 amide bonds. The van der Waals surface area contributed by atoms with E-state index in [0.29, 0.717) is 30.8 Å². The minimum Gasteiger partial charge on any atom is -0.466 e. The molecular weight excluding hydrogens is 238 g/mol. The number of rotatable bonds is 6. The molecule has 1 fully saturated rings. The average Bonchev–Trinajstić information content (AvgIpc) is 2.28. The van der Waals surface area contributed by atoms with Crippen LogP contribution in [0.5, 0.6) is 0 Å². The molecule has 0 spiro atoms. The highest BCUT2D eigenvalue weighted by Gasteiger charge is 2.45. The van der Waals surface area contributed by atoms with Gasteiger partial charge in [0.05, 0.1) is 13.0 Å². The lowest BCUT2D eigenvalue weighted by atomic mass is 9.63. The van der Waals surface area contributed by atoms with E-state index in [-0.39, 0.29) is 11.5 Å². The van der Waals surface area contributed by atoms with E-state index in [9.17, 15) is 4.79 Å². The smallest absolute Gasteiger partial charge is 0.307 e. The fourth-order valence-corrected chi connectivity index (χ4v) is 3.88. The lowest BCUT2D eigenvalue weighted by Crippen LogP contribution is -2.57. The number of nitrogens with one attached hydrogen (secondary N) is 1. The number of hydrogen-bond donors (Lipinski definition) is 1. The standard InChI is InChI=1S/C16H31NO2/c1-6-17-16(11-15(18)19-7-2)10-13(5)8-9-14(16)12(3)4/h12-14,17H,6-11H2,1-5H3. The van der Waals surface area contributed by atoms with Gasteiger partial charge in [0.1, 0.15) is 0 Å². The fraction of sp³-hybridized carbons (Fsp3) is 0.938. The summed E-state index contributed by atoms with van der Waals surface area (Å²) < 4.78 is 5.20. The summed E-state index contributed by atoms with van der Waals surface area (Å²) >= 11 is 0. The van der Waals surface area contributed by atoms with Gasteiger partial charge in [-0.25, -0.2) is 0 Å². The molecule has 1 aliphatic rings. The van der Waals surface area contributed by atoms with Gasteiger partial charge in [-0.3, -0.25) is 4.79 Å². The molecule has 3 unspecified atom stereocenters. The van der Waals surface area contributed by atoms with Crippen LogP contribution < -0.4 is 5.32 Å². The SMILES string of the molecule is CCNC1(CC(=O)OCC)CC(C)CCC1C(C)C. The van der Waals surface area contributed by atoms with Crippen LogP contribution in [0.3, 0.4) is 0 Å². The Hall–Kier alpha value is -0.570. The second-order valence-electron chi connectivity index (χ2n) is 6.41. The molecular formula is C16H31NO2. The van der Waals surface area contributed by atoms with E-state index >= 15 is 0 Å². The van der Waals surface area contributed by atoms with Gasteiger partial charge in [-0.2, -0.15) is 0 Å². The zero-order chi connectivity index (χ0) is 14.5. The fourth-order valence-electron chi connectivity index (χ4n) is 3.88. The van der Waals surface area contributed by atoms with Crippen LogP contribution in [-0.4, -0.2) is 24.7 Å². The summed E-state index contributed by atoms with van der Waals surface area (Å²) in [7, 11) is 0. The Morgan fingerprint density at radius 1 is 1.37 bits per heavy atom. The number of hydrogen-bond acceptors (Lipinski definition) is 3. The maximum Gasteiger partial charge on any atom is 0.307 e. The Morgan fingerprint density at radius 3 is 2.58 bits per heavy atom. The van der Waals surface area contributed by atoms with Gasteiger partial charge in [-0.1, -0.05) is 34.1 Å². The molecule has 0 aromatic rings. The van der Waals surface area contributed by atoms with Crippen LogP contribution in [0.25, 0.3) is 0 Å². The van der Waals surface area contributed by atoms with Crippen LogP contribution in [0, 0.1) is 17.8 Å². The Kier molecular flexibility index (Phi) is 6.31. The molecule has 0 heterocycles. The first-order valence-corrected chi connectivity index (χ1v) is 7.85. The molecule has 1 saturated carbocycles. The Balaban J connectivity index is 2.92.